The van der Waals surface area contributed by atoms with Crippen LogP contribution in [0.2, 0.25) is 10.0 Å². The first kappa shape index (κ1) is 14.4. The average molecular weight is 314 g/mol. The fourth-order valence-electron chi connectivity index (χ4n) is 1.69. The monoisotopic (exact) mass is 313 g/mol. The normalized spacial score (nSPS) is 12.4. The van der Waals surface area contributed by atoms with Gasteiger partial charge in [-0.2, -0.15) is 0 Å². The topological polar surface area (TPSA) is 43.1 Å². The second-order valence-corrected chi connectivity index (χ2v) is 6.53. The van der Waals surface area contributed by atoms with E-state index in [4.69, 9.17) is 28.9 Å². The van der Waals surface area contributed by atoms with E-state index in [1.165, 1.54) is 0 Å². The van der Waals surface area contributed by atoms with Crippen molar-refractivity contribution in [2.24, 2.45) is 0 Å². The lowest BCUT2D eigenvalue weighted by Gasteiger charge is -2.08. The van der Waals surface area contributed by atoms with Crippen LogP contribution in [0.25, 0.3) is 0 Å². The summed E-state index contributed by atoms with van der Waals surface area (Å²) in [5.41, 5.74) is 8.21. The van der Waals surface area contributed by atoms with Crippen molar-refractivity contribution >= 4 is 39.7 Å². The van der Waals surface area contributed by atoms with Gasteiger partial charge in [0.25, 0.3) is 0 Å². The van der Waals surface area contributed by atoms with E-state index >= 15 is 0 Å². The lowest BCUT2D eigenvalue weighted by Crippen LogP contribution is -2.01. The average Bonchev–Trinajstić information content (AvgIpc) is 2.35. The van der Waals surface area contributed by atoms with Gasteiger partial charge in [-0.1, -0.05) is 35.3 Å². The van der Waals surface area contributed by atoms with E-state index in [0.29, 0.717) is 26.4 Å². The highest BCUT2D eigenvalue weighted by Gasteiger charge is 2.11. The summed E-state index contributed by atoms with van der Waals surface area (Å²) in [6.45, 7) is 1.96. The molecule has 2 aromatic carbocycles. The Morgan fingerprint density at radius 3 is 2.58 bits per heavy atom. The van der Waals surface area contributed by atoms with E-state index < -0.39 is 10.8 Å². The van der Waals surface area contributed by atoms with Gasteiger partial charge in [0.2, 0.25) is 0 Å². The van der Waals surface area contributed by atoms with Crippen molar-refractivity contribution in [2.75, 3.05) is 5.73 Å². The van der Waals surface area contributed by atoms with Crippen molar-refractivity contribution in [1.82, 2.24) is 0 Å². The Morgan fingerprint density at radius 1 is 1.16 bits per heavy atom. The Bertz CT molecular complexity index is 643. The third kappa shape index (κ3) is 3.50. The van der Waals surface area contributed by atoms with Gasteiger partial charge in [-0.05, 0) is 42.3 Å². The molecule has 1 unspecified atom stereocenters. The van der Waals surface area contributed by atoms with Crippen LogP contribution in [-0.2, 0) is 16.6 Å². The molecule has 0 aromatic heterocycles. The maximum Gasteiger partial charge on any atom is 0.0635 e. The highest BCUT2D eigenvalue weighted by Crippen LogP contribution is 2.26. The Hall–Kier alpha value is -1.03. The number of nitrogens with two attached hydrogens (primary N) is 1. The van der Waals surface area contributed by atoms with E-state index in [0.717, 1.165) is 11.1 Å². The van der Waals surface area contributed by atoms with E-state index in [-0.39, 0.29) is 0 Å². The maximum absolute atomic E-state index is 12.3. The number of hydrogen-bond donors (Lipinski definition) is 1. The van der Waals surface area contributed by atoms with Gasteiger partial charge in [-0.15, -0.1) is 0 Å². The number of halogens is 2. The van der Waals surface area contributed by atoms with E-state index in [9.17, 15) is 4.21 Å². The Morgan fingerprint density at radius 2 is 1.89 bits per heavy atom. The van der Waals surface area contributed by atoms with Crippen LogP contribution in [0.3, 0.4) is 0 Å². The number of nitrogen functional groups attached to an aromatic ring is 1. The fraction of sp³-hybridized carbons (Fsp3) is 0.143. The van der Waals surface area contributed by atoms with Gasteiger partial charge in [-0.3, -0.25) is 4.21 Å². The van der Waals surface area contributed by atoms with Crippen LogP contribution >= 0.6 is 23.2 Å². The van der Waals surface area contributed by atoms with Crippen molar-refractivity contribution < 1.29 is 4.21 Å². The van der Waals surface area contributed by atoms with Crippen LogP contribution in [0.1, 0.15) is 11.1 Å². The lowest BCUT2D eigenvalue weighted by molar-refractivity contribution is 0.683. The summed E-state index contributed by atoms with van der Waals surface area (Å²) in [7, 11) is -1.27. The highest BCUT2D eigenvalue weighted by atomic mass is 35.5. The number of anilines is 1. The summed E-state index contributed by atoms with van der Waals surface area (Å²) in [5, 5.41) is 1.14. The second kappa shape index (κ2) is 5.95. The largest absolute Gasteiger partial charge is 0.398 e. The van der Waals surface area contributed by atoms with Crippen molar-refractivity contribution in [2.45, 2.75) is 17.6 Å². The minimum absolute atomic E-state index is 0.323. The summed E-state index contributed by atoms with van der Waals surface area (Å²) in [5.74, 6) is 0.323. The number of benzene rings is 2. The molecule has 0 saturated heterocycles. The van der Waals surface area contributed by atoms with Gasteiger partial charge in [-0.25, -0.2) is 0 Å². The molecule has 0 fully saturated rings. The van der Waals surface area contributed by atoms with Crippen LogP contribution in [0.5, 0.6) is 0 Å². The summed E-state index contributed by atoms with van der Waals surface area (Å²) < 4.78 is 12.3. The number of rotatable bonds is 3. The van der Waals surface area contributed by atoms with Crippen molar-refractivity contribution in [3.8, 4) is 0 Å². The third-order valence-corrected chi connectivity index (χ3v) is 4.72. The number of hydrogen-bond acceptors (Lipinski definition) is 2. The molecule has 0 amide bonds. The molecule has 2 rings (SSSR count). The summed E-state index contributed by atoms with van der Waals surface area (Å²) in [6, 6.07) is 10.7. The molecule has 0 saturated carbocycles. The number of aryl methyl sites for hydroxylation is 1. The standard InChI is InChI=1S/C14H13Cl2NOS/c1-9-2-3-10(12(16)6-9)8-19(18)14-7-11(15)4-5-13(14)17/h2-7H,8,17H2,1H3. The molecule has 0 bridgehead atoms. The molecular weight excluding hydrogens is 301 g/mol. The molecule has 0 heterocycles. The first-order chi connectivity index (χ1) is 8.97. The molecule has 100 valence electrons. The lowest BCUT2D eigenvalue weighted by atomic mass is 10.2. The molecular formula is C14H13Cl2NOS. The zero-order valence-corrected chi connectivity index (χ0v) is 12.6. The van der Waals surface area contributed by atoms with Gasteiger partial charge in [0, 0.05) is 15.7 Å². The van der Waals surface area contributed by atoms with Crippen LogP contribution in [0.15, 0.2) is 41.3 Å². The molecule has 1 atom stereocenters. The molecule has 0 radical (unpaired) electrons. The minimum atomic E-state index is -1.27. The first-order valence-electron chi connectivity index (χ1n) is 5.66. The molecule has 0 aliphatic heterocycles. The van der Waals surface area contributed by atoms with Crippen LogP contribution < -0.4 is 5.73 Å². The van der Waals surface area contributed by atoms with Crippen LogP contribution in [-0.4, -0.2) is 4.21 Å². The Balaban J connectivity index is 2.28. The third-order valence-electron chi connectivity index (χ3n) is 2.72. The van der Waals surface area contributed by atoms with Gasteiger partial charge in [0.1, 0.15) is 0 Å². The molecule has 19 heavy (non-hydrogen) atoms. The van der Waals surface area contributed by atoms with E-state index in [1.807, 2.05) is 25.1 Å². The second-order valence-electron chi connectivity index (χ2n) is 4.27. The molecule has 2 aromatic rings. The van der Waals surface area contributed by atoms with Crippen LogP contribution in [0, 0.1) is 6.92 Å². The quantitative estimate of drug-likeness (QED) is 0.863. The van der Waals surface area contributed by atoms with Gasteiger partial charge in [0.05, 0.1) is 21.4 Å². The minimum Gasteiger partial charge on any atom is -0.398 e. The van der Waals surface area contributed by atoms with Gasteiger partial charge in [0.15, 0.2) is 0 Å². The zero-order chi connectivity index (χ0) is 14.0. The van der Waals surface area contributed by atoms with Crippen molar-refractivity contribution in [1.29, 1.82) is 0 Å². The first-order valence-corrected chi connectivity index (χ1v) is 7.73. The van der Waals surface area contributed by atoms with Crippen molar-refractivity contribution in [3.05, 3.63) is 57.6 Å². The van der Waals surface area contributed by atoms with E-state index in [2.05, 4.69) is 0 Å². The fourth-order valence-corrected chi connectivity index (χ4v) is 3.59. The predicted molar refractivity (Wildman–Crippen MR) is 82.2 cm³/mol. The van der Waals surface area contributed by atoms with Crippen LogP contribution in [0.4, 0.5) is 5.69 Å². The molecule has 0 spiro atoms. The van der Waals surface area contributed by atoms with Gasteiger partial charge >= 0.3 is 0 Å². The summed E-state index contributed by atoms with van der Waals surface area (Å²) in [6.07, 6.45) is 0. The molecule has 2 N–H and O–H groups in total. The smallest absolute Gasteiger partial charge is 0.0635 e. The SMILES string of the molecule is Cc1ccc(CS(=O)c2cc(Cl)ccc2N)c(Cl)c1. The Kier molecular flexibility index (Phi) is 4.50. The van der Waals surface area contributed by atoms with E-state index in [1.54, 1.807) is 18.2 Å². The van der Waals surface area contributed by atoms with Gasteiger partial charge < -0.3 is 5.73 Å². The molecule has 0 aliphatic carbocycles. The summed E-state index contributed by atoms with van der Waals surface area (Å²) >= 11 is 12.0. The Labute approximate surface area is 125 Å². The molecule has 5 heteroatoms. The maximum atomic E-state index is 12.3. The summed E-state index contributed by atoms with van der Waals surface area (Å²) in [4.78, 5) is 0.546. The predicted octanol–water partition coefficient (Wildman–Crippen LogP) is 4.19. The van der Waals surface area contributed by atoms with Crippen molar-refractivity contribution in [3.63, 3.8) is 0 Å². The molecule has 2 nitrogen and oxygen atoms in total. The zero-order valence-electron chi connectivity index (χ0n) is 10.3. The highest BCUT2D eigenvalue weighted by molar-refractivity contribution is 7.84. The molecule has 0 aliphatic rings.